The Morgan fingerprint density at radius 3 is 1.35 bits per heavy atom. The lowest BCUT2D eigenvalue weighted by atomic mass is 10.1. The zero-order valence-electron chi connectivity index (χ0n) is 20.0. The summed E-state index contributed by atoms with van der Waals surface area (Å²) >= 11 is 7.08. The van der Waals surface area contributed by atoms with Crippen LogP contribution in [0.4, 0.5) is 9.59 Å². The molecule has 0 saturated carbocycles. The predicted molar refractivity (Wildman–Crippen MR) is 132 cm³/mol. The zero-order chi connectivity index (χ0) is 23.9. The predicted octanol–water partition coefficient (Wildman–Crippen LogP) is 5.92. The molecule has 0 bridgehead atoms. The molecule has 9 heteroatoms. The Morgan fingerprint density at radius 1 is 0.710 bits per heavy atom. The van der Waals surface area contributed by atoms with Crippen molar-refractivity contribution in [1.82, 2.24) is 10.6 Å². The average Bonchev–Trinajstić information content (AvgIpc) is 2.62. The Bertz CT molecular complexity index is 463. The second-order valence-corrected chi connectivity index (χ2v) is 10.8. The summed E-state index contributed by atoms with van der Waals surface area (Å²) in [6.45, 7) is 12.3. The Kier molecular flexibility index (Phi) is 15.9. The molecule has 0 spiro atoms. The molecule has 0 aliphatic carbocycles. The van der Waals surface area contributed by atoms with Gasteiger partial charge < -0.3 is 24.8 Å². The molecule has 0 aromatic heterocycles. The maximum absolute atomic E-state index is 11.6. The van der Waals surface area contributed by atoms with Crippen molar-refractivity contribution in [2.45, 2.75) is 103 Å². The standard InChI is InChI=1S/C22H42Br2N2O5/c1-21(2,3)30-19(27)25-13-9-7-11-17(15-23)29-18(16-24)12-8-10-14-26-20(28)31-22(4,5)6/h17-18H,7-16H2,1-6H3,(H,25,27)(H,26,28). The van der Waals surface area contributed by atoms with Crippen molar-refractivity contribution in [2.75, 3.05) is 23.7 Å². The number of unbranched alkanes of at least 4 members (excludes halogenated alkanes) is 2. The van der Waals surface area contributed by atoms with Gasteiger partial charge in [0, 0.05) is 23.7 Å². The maximum atomic E-state index is 11.6. The highest BCUT2D eigenvalue weighted by Gasteiger charge is 2.18. The van der Waals surface area contributed by atoms with Crippen LogP contribution >= 0.6 is 31.9 Å². The van der Waals surface area contributed by atoms with Crippen LogP contribution in [0.5, 0.6) is 0 Å². The van der Waals surface area contributed by atoms with E-state index < -0.39 is 11.2 Å². The highest BCUT2D eigenvalue weighted by molar-refractivity contribution is 9.09. The minimum atomic E-state index is -0.477. The molecule has 2 unspecified atom stereocenters. The third-order valence-corrected chi connectivity index (χ3v) is 5.42. The van der Waals surface area contributed by atoms with Gasteiger partial charge in [0.25, 0.3) is 0 Å². The van der Waals surface area contributed by atoms with E-state index in [0.29, 0.717) is 13.1 Å². The first-order chi connectivity index (χ1) is 14.4. The minimum absolute atomic E-state index is 0.129. The van der Waals surface area contributed by atoms with Crippen molar-refractivity contribution in [3.63, 3.8) is 0 Å². The van der Waals surface area contributed by atoms with Gasteiger partial charge in [-0.3, -0.25) is 0 Å². The number of hydrogen-bond acceptors (Lipinski definition) is 5. The summed E-state index contributed by atoms with van der Waals surface area (Å²) < 4.78 is 16.7. The van der Waals surface area contributed by atoms with Gasteiger partial charge >= 0.3 is 12.2 Å². The number of nitrogens with one attached hydrogen (secondary N) is 2. The quantitative estimate of drug-likeness (QED) is 0.199. The Balaban J connectivity index is 3.97. The Hall–Kier alpha value is -0.540. The number of alkyl carbamates (subject to hydrolysis) is 2. The summed E-state index contributed by atoms with van der Waals surface area (Å²) in [6, 6.07) is 0. The molecule has 0 rings (SSSR count). The number of amides is 2. The summed E-state index contributed by atoms with van der Waals surface area (Å²) in [4.78, 5) is 23.3. The fourth-order valence-corrected chi connectivity index (χ4v) is 3.59. The number of rotatable bonds is 14. The molecule has 2 N–H and O–H groups in total. The summed E-state index contributed by atoms with van der Waals surface area (Å²) in [5.74, 6) is 0. The number of carbonyl (C=O) groups is 2. The molecule has 0 saturated heterocycles. The fourth-order valence-electron chi connectivity index (χ4n) is 2.64. The first kappa shape index (κ1) is 30.5. The zero-order valence-corrected chi connectivity index (χ0v) is 23.2. The van der Waals surface area contributed by atoms with Crippen LogP contribution in [0, 0.1) is 0 Å². The molecule has 7 nitrogen and oxygen atoms in total. The van der Waals surface area contributed by atoms with Gasteiger partial charge in [0.1, 0.15) is 11.2 Å². The van der Waals surface area contributed by atoms with E-state index in [1.165, 1.54) is 0 Å². The van der Waals surface area contributed by atoms with Gasteiger partial charge in [-0.15, -0.1) is 0 Å². The van der Waals surface area contributed by atoms with Gasteiger partial charge in [-0.05, 0) is 80.1 Å². The summed E-state index contributed by atoms with van der Waals surface area (Å²) in [5.41, 5.74) is -0.953. The van der Waals surface area contributed by atoms with Gasteiger partial charge in [-0.2, -0.15) is 0 Å². The first-order valence-corrected chi connectivity index (χ1v) is 13.3. The van der Waals surface area contributed by atoms with E-state index >= 15 is 0 Å². The lowest BCUT2D eigenvalue weighted by molar-refractivity contribution is 0.00435. The van der Waals surface area contributed by atoms with Crippen molar-refractivity contribution >= 4 is 44.0 Å². The van der Waals surface area contributed by atoms with E-state index in [0.717, 1.165) is 49.2 Å². The van der Waals surface area contributed by atoms with Crippen LogP contribution in [-0.4, -0.2) is 59.3 Å². The van der Waals surface area contributed by atoms with Gasteiger partial charge in [0.05, 0.1) is 12.2 Å². The maximum Gasteiger partial charge on any atom is 0.407 e. The van der Waals surface area contributed by atoms with Crippen molar-refractivity contribution in [1.29, 1.82) is 0 Å². The molecule has 184 valence electrons. The molecule has 0 aromatic carbocycles. The van der Waals surface area contributed by atoms with E-state index in [1.54, 1.807) is 0 Å². The molecular weight excluding hydrogens is 532 g/mol. The van der Waals surface area contributed by atoms with Crippen LogP contribution in [-0.2, 0) is 14.2 Å². The third-order valence-electron chi connectivity index (χ3n) is 3.97. The number of alkyl halides is 2. The van der Waals surface area contributed by atoms with Gasteiger partial charge in [-0.1, -0.05) is 31.9 Å². The third kappa shape index (κ3) is 19.8. The Morgan fingerprint density at radius 2 is 1.06 bits per heavy atom. The second kappa shape index (κ2) is 16.1. The normalized spacial score (nSPS) is 13.9. The molecular formula is C22H42Br2N2O5. The van der Waals surface area contributed by atoms with Gasteiger partial charge in [-0.25, -0.2) is 9.59 Å². The van der Waals surface area contributed by atoms with Crippen molar-refractivity contribution in [3.05, 3.63) is 0 Å². The molecule has 0 radical (unpaired) electrons. The monoisotopic (exact) mass is 572 g/mol. The minimum Gasteiger partial charge on any atom is -0.444 e. The average molecular weight is 574 g/mol. The van der Waals surface area contributed by atoms with E-state index in [1.807, 2.05) is 41.5 Å². The highest BCUT2D eigenvalue weighted by atomic mass is 79.9. The fraction of sp³-hybridized carbons (Fsp3) is 0.909. The van der Waals surface area contributed by atoms with Gasteiger partial charge in [0.15, 0.2) is 0 Å². The molecule has 2 amide bonds. The van der Waals surface area contributed by atoms with Crippen LogP contribution < -0.4 is 10.6 Å². The van der Waals surface area contributed by atoms with Crippen molar-refractivity contribution < 1.29 is 23.8 Å². The number of hydrogen-bond donors (Lipinski definition) is 2. The molecule has 0 aliphatic rings. The summed E-state index contributed by atoms with van der Waals surface area (Å²) in [7, 11) is 0. The van der Waals surface area contributed by atoms with E-state index in [2.05, 4.69) is 42.5 Å². The molecule has 31 heavy (non-hydrogen) atoms. The van der Waals surface area contributed by atoms with Crippen LogP contribution in [0.1, 0.15) is 80.1 Å². The van der Waals surface area contributed by atoms with Crippen LogP contribution in [0.2, 0.25) is 0 Å². The van der Waals surface area contributed by atoms with Crippen LogP contribution in [0.3, 0.4) is 0 Å². The van der Waals surface area contributed by atoms with E-state index in [9.17, 15) is 9.59 Å². The Labute approximate surface area is 205 Å². The lowest BCUT2D eigenvalue weighted by Gasteiger charge is -2.23. The van der Waals surface area contributed by atoms with E-state index in [-0.39, 0.29) is 24.4 Å². The van der Waals surface area contributed by atoms with Crippen LogP contribution in [0.25, 0.3) is 0 Å². The van der Waals surface area contributed by atoms with Crippen molar-refractivity contribution in [3.8, 4) is 0 Å². The molecule has 0 heterocycles. The summed E-state index contributed by atoms with van der Waals surface area (Å²) in [6.07, 6.45) is 5.02. The van der Waals surface area contributed by atoms with E-state index in [4.69, 9.17) is 14.2 Å². The second-order valence-electron chi connectivity index (χ2n) is 9.54. The summed E-state index contributed by atoms with van der Waals surface area (Å²) in [5, 5.41) is 7.11. The molecule has 0 aliphatic heterocycles. The SMILES string of the molecule is CC(C)(C)OC(=O)NCCCCC(CBr)OC(CBr)CCCCNC(=O)OC(C)(C)C. The molecule has 0 aromatic rings. The smallest absolute Gasteiger partial charge is 0.407 e. The first-order valence-electron chi connectivity index (χ1n) is 11.1. The van der Waals surface area contributed by atoms with Crippen LogP contribution in [0.15, 0.2) is 0 Å². The number of halogens is 2. The largest absolute Gasteiger partial charge is 0.444 e. The molecule has 0 fully saturated rings. The lowest BCUT2D eigenvalue weighted by Crippen LogP contribution is -2.33. The topological polar surface area (TPSA) is 85.9 Å². The number of ether oxygens (including phenoxy) is 3. The molecule has 2 atom stereocenters. The van der Waals surface area contributed by atoms with Gasteiger partial charge in [0.2, 0.25) is 0 Å². The van der Waals surface area contributed by atoms with Crippen molar-refractivity contribution in [2.24, 2.45) is 0 Å². The number of carbonyl (C=O) groups excluding carboxylic acids is 2. The highest BCUT2D eigenvalue weighted by Crippen LogP contribution is 2.16.